The van der Waals surface area contributed by atoms with Crippen LogP contribution in [0.25, 0.3) is 0 Å². The summed E-state index contributed by atoms with van der Waals surface area (Å²) in [5.41, 5.74) is 5.81. The van der Waals surface area contributed by atoms with Crippen molar-refractivity contribution in [3.8, 4) is 0 Å². The van der Waals surface area contributed by atoms with Gasteiger partial charge in [-0.2, -0.15) is 0 Å². The van der Waals surface area contributed by atoms with E-state index in [9.17, 15) is 4.79 Å². The van der Waals surface area contributed by atoms with Gasteiger partial charge in [0.25, 0.3) is 0 Å². The normalized spacial score (nSPS) is 16.9. The van der Waals surface area contributed by atoms with Crippen LogP contribution < -0.4 is 11.1 Å². The van der Waals surface area contributed by atoms with Crippen LogP contribution in [-0.4, -0.2) is 18.0 Å². The van der Waals surface area contributed by atoms with Crippen LogP contribution >= 0.6 is 0 Å². The molecule has 0 aliphatic rings. The van der Waals surface area contributed by atoms with Gasteiger partial charge in [0.15, 0.2) is 0 Å². The molecule has 0 bridgehead atoms. The minimum Gasteiger partial charge on any atom is -0.353 e. The minimum atomic E-state index is 0.0131. The number of carbonyl (C=O) groups is 1. The van der Waals surface area contributed by atoms with Crippen LogP contribution in [0.5, 0.6) is 0 Å². The van der Waals surface area contributed by atoms with Crippen LogP contribution in [0.4, 0.5) is 0 Å². The summed E-state index contributed by atoms with van der Waals surface area (Å²) in [4.78, 5) is 11.6. The summed E-state index contributed by atoms with van der Waals surface area (Å²) < 4.78 is 0. The fraction of sp³-hybridized carbons (Fsp3) is 0.917. The van der Waals surface area contributed by atoms with Gasteiger partial charge in [0.2, 0.25) is 5.91 Å². The Hall–Kier alpha value is -0.570. The molecular weight excluding hydrogens is 188 g/mol. The SMILES string of the molecule is CCCC(N)CC(=O)NC(C)C(C)CC. The molecule has 3 nitrogen and oxygen atoms in total. The molecule has 0 aromatic heterocycles. The molecule has 0 fully saturated rings. The first-order chi connectivity index (χ1) is 7.01. The lowest BCUT2D eigenvalue weighted by Gasteiger charge is -2.20. The first-order valence-corrected chi connectivity index (χ1v) is 6.06. The van der Waals surface area contributed by atoms with E-state index >= 15 is 0 Å². The van der Waals surface area contributed by atoms with Gasteiger partial charge in [-0.05, 0) is 19.3 Å². The van der Waals surface area contributed by atoms with Gasteiger partial charge in [-0.3, -0.25) is 4.79 Å². The summed E-state index contributed by atoms with van der Waals surface area (Å²) in [7, 11) is 0. The molecule has 0 aromatic carbocycles. The number of hydrogen-bond donors (Lipinski definition) is 2. The fourth-order valence-electron chi connectivity index (χ4n) is 1.52. The lowest BCUT2D eigenvalue weighted by Crippen LogP contribution is -2.39. The molecule has 3 unspecified atom stereocenters. The second-order valence-corrected chi connectivity index (χ2v) is 4.49. The summed E-state index contributed by atoms with van der Waals surface area (Å²) >= 11 is 0. The molecule has 0 saturated heterocycles. The smallest absolute Gasteiger partial charge is 0.221 e. The lowest BCUT2D eigenvalue weighted by atomic mass is 10.0. The molecular formula is C12H26N2O. The standard InChI is InChI=1S/C12H26N2O/c1-5-7-11(13)8-12(15)14-10(4)9(3)6-2/h9-11H,5-8,13H2,1-4H3,(H,14,15). The van der Waals surface area contributed by atoms with E-state index in [1.165, 1.54) is 0 Å². The Bertz CT molecular complexity index is 182. The zero-order valence-corrected chi connectivity index (χ0v) is 10.5. The van der Waals surface area contributed by atoms with Gasteiger partial charge in [-0.25, -0.2) is 0 Å². The van der Waals surface area contributed by atoms with Gasteiger partial charge in [0.1, 0.15) is 0 Å². The number of hydrogen-bond acceptors (Lipinski definition) is 2. The van der Waals surface area contributed by atoms with Crippen LogP contribution in [0.2, 0.25) is 0 Å². The maximum Gasteiger partial charge on any atom is 0.221 e. The van der Waals surface area contributed by atoms with Crippen molar-refractivity contribution < 1.29 is 4.79 Å². The van der Waals surface area contributed by atoms with E-state index < -0.39 is 0 Å². The molecule has 0 heterocycles. The third-order valence-corrected chi connectivity index (χ3v) is 2.99. The second kappa shape index (κ2) is 7.69. The van der Waals surface area contributed by atoms with E-state index in [1.807, 2.05) is 0 Å². The zero-order valence-electron chi connectivity index (χ0n) is 10.5. The lowest BCUT2D eigenvalue weighted by molar-refractivity contribution is -0.122. The maximum atomic E-state index is 11.6. The molecule has 90 valence electrons. The van der Waals surface area contributed by atoms with Gasteiger partial charge >= 0.3 is 0 Å². The Balaban J connectivity index is 3.82. The van der Waals surface area contributed by atoms with Gasteiger partial charge < -0.3 is 11.1 Å². The predicted octanol–water partition coefficient (Wildman–Crippen LogP) is 2.05. The van der Waals surface area contributed by atoms with Crippen molar-refractivity contribution in [1.29, 1.82) is 0 Å². The third kappa shape index (κ3) is 6.50. The highest BCUT2D eigenvalue weighted by molar-refractivity contribution is 5.76. The first kappa shape index (κ1) is 14.4. The molecule has 3 N–H and O–H groups in total. The largest absolute Gasteiger partial charge is 0.353 e. The van der Waals surface area contributed by atoms with E-state index in [0.717, 1.165) is 19.3 Å². The molecule has 0 aliphatic heterocycles. The predicted molar refractivity (Wildman–Crippen MR) is 64.6 cm³/mol. The van der Waals surface area contributed by atoms with E-state index in [-0.39, 0.29) is 18.0 Å². The van der Waals surface area contributed by atoms with Crippen molar-refractivity contribution in [3.05, 3.63) is 0 Å². The molecule has 15 heavy (non-hydrogen) atoms. The van der Waals surface area contributed by atoms with E-state index in [0.29, 0.717) is 12.3 Å². The van der Waals surface area contributed by atoms with E-state index in [4.69, 9.17) is 5.73 Å². The Labute approximate surface area is 93.8 Å². The Morgan fingerprint density at radius 2 is 1.93 bits per heavy atom. The molecule has 0 aliphatic carbocycles. The summed E-state index contributed by atoms with van der Waals surface area (Å²) in [5, 5.41) is 3.00. The van der Waals surface area contributed by atoms with Gasteiger partial charge in [0, 0.05) is 18.5 Å². The van der Waals surface area contributed by atoms with Gasteiger partial charge in [-0.15, -0.1) is 0 Å². The number of nitrogens with one attached hydrogen (secondary N) is 1. The van der Waals surface area contributed by atoms with Crippen molar-refractivity contribution in [2.24, 2.45) is 11.7 Å². The highest BCUT2D eigenvalue weighted by Gasteiger charge is 2.14. The maximum absolute atomic E-state index is 11.6. The molecule has 0 saturated carbocycles. The zero-order chi connectivity index (χ0) is 11.8. The number of amides is 1. The van der Waals surface area contributed by atoms with Crippen LogP contribution in [0.1, 0.15) is 53.4 Å². The Morgan fingerprint density at radius 3 is 2.40 bits per heavy atom. The highest BCUT2D eigenvalue weighted by atomic mass is 16.1. The minimum absolute atomic E-state index is 0.0131. The van der Waals surface area contributed by atoms with Crippen LogP contribution in [0, 0.1) is 5.92 Å². The molecule has 3 heteroatoms. The molecule has 3 atom stereocenters. The summed E-state index contributed by atoms with van der Waals surface area (Å²) in [5.74, 6) is 0.611. The number of rotatable bonds is 7. The topological polar surface area (TPSA) is 55.1 Å². The first-order valence-electron chi connectivity index (χ1n) is 6.06. The summed E-state index contributed by atoms with van der Waals surface area (Å²) in [6.07, 6.45) is 3.50. The molecule has 0 radical (unpaired) electrons. The molecule has 0 aromatic rings. The second-order valence-electron chi connectivity index (χ2n) is 4.49. The average molecular weight is 214 g/mol. The summed E-state index contributed by atoms with van der Waals surface area (Å²) in [6.45, 7) is 8.42. The van der Waals surface area contributed by atoms with Crippen molar-refractivity contribution in [2.75, 3.05) is 0 Å². The molecule has 1 amide bonds. The van der Waals surface area contributed by atoms with Gasteiger partial charge in [-0.1, -0.05) is 33.6 Å². The van der Waals surface area contributed by atoms with Crippen molar-refractivity contribution in [2.45, 2.75) is 65.5 Å². The van der Waals surface area contributed by atoms with Crippen molar-refractivity contribution in [1.82, 2.24) is 5.32 Å². The Morgan fingerprint density at radius 1 is 1.33 bits per heavy atom. The van der Waals surface area contributed by atoms with E-state index in [2.05, 4.69) is 33.0 Å². The van der Waals surface area contributed by atoms with Crippen LogP contribution in [-0.2, 0) is 4.79 Å². The van der Waals surface area contributed by atoms with Crippen LogP contribution in [0.3, 0.4) is 0 Å². The van der Waals surface area contributed by atoms with E-state index in [1.54, 1.807) is 0 Å². The number of carbonyl (C=O) groups excluding carboxylic acids is 1. The fourth-order valence-corrected chi connectivity index (χ4v) is 1.52. The summed E-state index contributed by atoms with van der Waals surface area (Å²) in [6, 6.07) is 0.260. The quantitative estimate of drug-likeness (QED) is 0.681. The Kier molecular flexibility index (Phi) is 7.39. The third-order valence-electron chi connectivity index (χ3n) is 2.99. The van der Waals surface area contributed by atoms with Gasteiger partial charge in [0.05, 0.1) is 0 Å². The highest BCUT2D eigenvalue weighted by Crippen LogP contribution is 2.07. The van der Waals surface area contributed by atoms with Crippen molar-refractivity contribution >= 4 is 5.91 Å². The average Bonchev–Trinajstić information content (AvgIpc) is 2.16. The molecule has 0 spiro atoms. The molecule has 0 rings (SSSR count). The van der Waals surface area contributed by atoms with Crippen molar-refractivity contribution in [3.63, 3.8) is 0 Å². The monoisotopic (exact) mass is 214 g/mol. The number of nitrogens with two attached hydrogens (primary N) is 1. The van der Waals surface area contributed by atoms with Crippen LogP contribution in [0.15, 0.2) is 0 Å².